The lowest BCUT2D eigenvalue weighted by Crippen LogP contribution is -2.32. The van der Waals surface area contributed by atoms with Crippen molar-refractivity contribution in [2.45, 2.75) is 25.7 Å². The highest BCUT2D eigenvalue weighted by molar-refractivity contribution is 6.31. The zero-order chi connectivity index (χ0) is 13.2. The number of halogens is 2. The molecule has 0 radical (unpaired) electrons. The van der Waals surface area contributed by atoms with Crippen molar-refractivity contribution in [3.05, 3.63) is 29.0 Å². The van der Waals surface area contributed by atoms with Gasteiger partial charge in [-0.15, -0.1) is 0 Å². The number of benzene rings is 1. The second-order valence-corrected chi connectivity index (χ2v) is 4.86. The lowest BCUT2D eigenvalue weighted by Gasteiger charge is -2.19. The van der Waals surface area contributed by atoms with Gasteiger partial charge in [0.15, 0.2) is 5.82 Å². The normalized spacial score (nSPS) is 17.2. The Hall–Kier alpha value is -1.60. The Morgan fingerprint density at radius 2 is 2.11 bits per heavy atom. The van der Waals surface area contributed by atoms with Gasteiger partial charge in [0.05, 0.1) is 16.8 Å². The minimum Gasteiger partial charge on any atom is -0.322 e. The van der Waals surface area contributed by atoms with Crippen molar-refractivity contribution in [3.63, 3.8) is 0 Å². The smallest absolute Gasteiger partial charge is 0.244 e. The molecule has 1 saturated carbocycles. The Kier molecular flexibility index (Phi) is 3.53. The molecule has 0 aromatic heterocycles. The van der Waals surface area contributed by atoms with Crippen LogP contribution in [0.4, 0.5) is 10.1 Å². The number of amides is 1. The van der Waals surface area contributed by atoms with E-state index in [0.29, 0.717) is 12.8 Å². The highest BCUT2D eigenvalue weighted by atomic mass is 35.5. The predicted molar refractivity (Wildman–Crippen MR) is 66.6 cm³/mol. The highest BCUT2D eigenvalue weighted by Gasteiger charge is 2.41. The number of hydrogen-bond donors (Lipinski definition) is 1. The molecule has 1 aromatic rings. The van der Waals surface area contributed by atoms with Crippen LogP contribution in [0.1, 0.15) is 25.7 Å². The maximum absolute atomic E-state index is 13.6. The number of rotatable bonds is 2. The third-order valence-electron chi connectivity index (χ3n) is 3.31. The number of carbonyl (C=O) groups excluding carboxylic acids is 1. The van der Waals surface area contributed by atoms with E-state index in [0.717, 1.165) is 12.8 Å². The largest absolute Gasteiger partial charge is 0.322 e. The van der Waals surface area contributed by atoms with Crippen LogP contribution in [0.25, 0.3) is 0 Å². The molecule has 0 unspecified atom stereocenters. The molecular weight excluding hydrogens is 255 g/mol. The van der Waals surface area contributed by atoms with E-state index in [1.54, 1.807) is 6.07 Å². The molecule has 0 atom stereocenters. The molecule has 3 nitrogen and oxygen atoms in total. The first-order chi connectivity index (χ1) is 8.59. The monoisotopic (exact) mass is 266 g/mol. The molecule has 0 heterocycles. The van der Waals surface area contributed by atoms with Crippen LogP contribution < -0.4 is 5.32 Å². The summed E-state index contributed by atoms with van der Waals surface area (Å²) in [6.45, 7) is 0. The summed E-state index contributed by atoms with van der Waals surface area (Å²) >= 11 is 5.63. The average Bonchev–Trinajstić information content (AvgIpc) is 2.85. The molecule has 1 aromatic carbocycles. The van der Waals surface area contributed by atoms with Crippen molar-refractivity contribution in [1.29, 1.82) is 5.26 Å². The lowest BCUT2D eigenvalue weighted by atomic mass is 9.87. The van der Waals surface area contributed by atoms with Crippen molar-refractivity contribution in [1.82, 2.24) is 0 Å². The van der Waals surface area contributed by atoms with Gasteiger partial charge in [-0.25, -0.2) is 4.39 Å². The molecule has 0 spiro atoms. The van der Waals surface area contributed by atoms with Gasteiger partial charge in [0.2, 0.25) is 5.91 Å². The van der Waals surface area contributed by atoms with Crippen LogP contribution in [0, 0.1) is 22.6 Å². The van der Waals surface area contributed by atoms with Crippen molar-refractivity contribution in [2.75, 3.05) is 5.32 Å². The molecule has 1 fully saturated rings. The van der Waals surface area contributed by atoms with Crippen LogP contribution in [-0.2, 0) is 4.79 Å². The van der Waals surface area contributed by atoms with Gasteiger partial charge in [0, 0.05) is 0 Å². The number of anilines is 1. The van der Waals surface area contributed by atoms with Crippen LogP contribution in [0.3, 0.4) is 0 Å². The number of hydrogen-bond acceptors (Lipinski definition) is 2. The molecule has 94 valence electrons. The van der Waals surface area contributed by atoms with Gasteiger partial charge >= 0.3 is 0 Å². The predicted octanol–water partition coefficient (Wildman–Crippen LogP) is 3.50. The maximum atomic E-state index is 13.6. The van der Waals surface area contributed by atoms with Crippen molar-refractivity contribution in [3.8, 4) is 6.07 Å². The van der Waals surface area contributed by atoms with Crippen LogP contribution in [-0.4, -0.2) is 5.91 Å². The molecule has 2 rings (SSSR count). The Bertz CT molecular complexity index is 518. The Balaban J connectivity index is 2.22. The first-order valence-corrected chi connectivity index (χ1v) is 6.13. The van der Waals surface area contributed by atoms with Crippen LogP contribution >= 0.6 is 11.6 Å². The maximum Gasteiger partial charge on any atom is 0.244 e. The van der Waals surface area contributed by atoms with E-state index in [9.17, 15) is 9.18 Å². The number of nitrogens with one attached hydrogen (secondary N) is 1. The SMILES string of the molecule is N#CC1(C(=O)Nc2cccc(Cl)c2F)CCCC1. The van der Waals surface area contributed by atoms with Crippen LogP contribution in [0.2, 0.25) is 5.02 Å². The van der Waals surface area contributed by atoms with Gasteiger partial charge < -0.3 is 5.32 Å². The fourth-order valence-corrected chi connectivity index (χ4v) is 2.39. The lowest BCUT2D eigenvalue weighted by molar-refractivity contribution is -0.122. The second-order valence-electron chi connectivity index (χ2n) is 4.46. The number of carbonyl (C=O) groups is 1. The first-order valence-electron chi connectivity index (χ1n) is 5.76. The summed E-state index contributed by atoms with van der Waals surface area (Å²) in [6.07, 6.45) is 2.74. The number of nitrogens with zero attached hydrogens (tertiary/aromatic N) is 1. The fraction of sp³-hybridized carbons (Fsp3) is 0.385. The molecule has 1 amide bonds. The van der Waals surface area contributed by atoms with Gasteiger partial charge in [-0.1, -0.05) is 30.5 Å². The van der Waals surface area contributed by atoms with Gasteiger partial charge in [0.1, 0.15) is 5.41 Å². The molecule has 1 N–H and O–H groups in total. The summed E-state index contributed by atoms with van der Waals surface area (Å²) in [5.74, 6) is -1.11. The fourth-order valence-electron chi connectivity index (χ4n) is 2.21. The highest BCUT2D eigenvalue weighted by Crippen LogP contribution is 2.38. The zero-order valence-corrected chi connectivity index (χ0v) is 10.4. The van der Waals surface area contributed by atoms with Gasteiger partial charge in [-0.05, 0) is 25.0 Å². The molecular formula is C13H12ClFN2O. The Morgan fingerprint density at radius 3 is 2.72 bits per heavy atom. The van der Waals surface area contributed by atoms with E-state index >= 15 is 0 Å². The molecule has 18 heavy (non-hydrogen) atoms. The van der Waals surface area contributed by atoms with Crippen LogP contribution in [0.15, 0.2) is 18.2 Å². The van der Waals surface area contributed by atoms with Gasteiger partial charge in [-0.2, -0.15) is 5.26 Å². The molecule has 1 aliphatic rings. The van der Waals surface area contributed by atoms with Crippen molar-refractivity contribution < 1.29 is 9.18 Å². The molecule has 0 aliphatic heterocycles. The Labute approximate surface area is 110 Å². The summed E-state index contributed by atoms with van der Waals surface area (Å²) in [5.41, 5.74) is -0.997. The molecule has 0 saturated heterocycles. The van der Waals surface area contributed by atoms with Crippen molar-refractivity contribution in [2.24, 2.45) is 5.41 Å². The summed E-state index contributed by atoms with van der Waals surface area (Å²) in [5, 5.41) is 11.6. The van der Waals surface area contributed by atoms with Crippen LogP contribution in [0.5, 0.6) is 0 Å². The molecule has 5 heteroatoms. The summed E-state index contributed by atoms with van der Waals surface area (Å²) in [4.78, 5) is 12.1. The average molecular weight is 267 g/mol. The van der Waals surface area contributed by atoms with E-state index in [2.05, 4.69) is 11.4 Å². The summed E-state index contributed by atoms with van der Waals surface area (Å²) in [6, 6.07) is 6.45. The second kappa shape index (κ2) is 4.95. The van der Waals surface area contributed by atoms with E-state index in [4.69, 9.17) is 16.9 Å². The van der Waals surface area contributed by atoms with Gasteiger partial charge in [0.25, 0.3) is 0 Å². The van der Waals surface area contributed by atoms with E-state index in [1.807, 2.05) is 0 Å². The third kappa shape index (κ3) is 2.19. The molecule has 1 aliphatic carbocycles. The summed E-state index contributed by atoms with van der Waals surface area (Å²) < 4.78 is 13.6. The minimum absolute atomic E-state index is 0.0222. The number of nitriles is 1. The topological polar surface area (TPSA) is 52.9 Å². The zero-order valence-electron chi connectivity index (χ0n) is 9.67. The quantitative estimate of drug-likeness (QED) is 0.891. The molecule has 0 bridgehead atoms. The van der Waals surface area contributed by atoms with E-state index < -0.39 is 17.1 Å². The third-order valence-corrected chi connectivity index (χ3v) is 3.60. The minimum atomic E-state index is -1.02. The standard InChI is InChI=1S/C13H12ClFN2O/c14-9-4-3-5-10(11(9)15)17-12(18)13(8-16)6-1-2-7-13/h3-5H,1-2,6-7H2,(H,17,18). The first kappa shape index (κ1) is 12.8. The van der Waals surface area contributed by atoms with Crippen molar-refractivity contribution >= 4 is 23.2 Å². The van der Waals surface area contributed by atoms with E-state index in [-0.39, 0.29) is 10.7 Å². The summed E-state index contributed by atoms with van der Waals surface area (Å²) in [7, 11) is 0. The Morgan fingerprint density at radius 1 is 1.44 bits per heavy atom. The van der Waals surface area contributed by atoms with Gasteiger partial charge in [-0.3, -0.25) is 4.79 Å². The van der Waals surface area contributed by atoms with E-state index in [1.165, 1.54) is 12.1 Å².